The number of carbonyl (C=O) groups is 1. The first kappa shape index (κ1) is 16.6. The van der Waals surface area contributed by atoms with Crippen molar-refractivity contribution < 1.29 is 32.4 Å². The van der Waals surface area contributed by atoms with Gasteiger partial charge in [-0.05, 0) is 19.1 Å². The van der Waals surface area contributed by atoms with Crippen LogP contribution >= 0.6 is 0 Å². The molecule has 0 heterocycles. The van der Waals surface area contributed by atoms with E-state index >= 15 is 0 Å². The maximum absolute atomic E-state index is 12.5. The third-order valence-electron chi connectivity index (χ3n) is 2.59. The molecule has 0 aromatic heterocycles. The molecule has 1 aromatic carbocycles. The fourth-order valence-corrected chi connectivity index (χ4v) is 2.97. The number of hydrogen-bond acceptors (Lipinski definition) is 3. The highest BCUT2D eigenvalue weighted by Crippen LogP contribution is 2.28. The second-order valence-electron chi connectivity index (χ2n) is 4.23. The van der Waals surface area contributed by atoms with E-state index in [1.807, 2.05) is 0 Å². The molecule has 0 spiro atoms. The van der Waals surface area contributed by atoms with Crippen molar-refractivity contribution >= 4 is 16.8 Å². The maximum atomic E-state index is 12.5. The number of rotatable bonds is 5. The average molecular weight is 310 g/mol. The molecule has 0 bridgehead atoms. The van der Waals surface area contributed by atoms with Crippen molar-refractivity contribution in [3.05, 3.63) is 29.8 Å². The fourth-order valence-electron chi connectivity index (χ4n) is 1.53. The van der Waals surface area contributed by atoms with Crippen LogP contribution in [-0.4, -0.2) is 37.9 Å². The van der Waals surface area contributed by atoms with Crippen LogP contribution in [-0.2, 0) is 15.6 Å². The van der Waals surface area contributed by atoms with Gasteiger partial charge in [-0.25, -0.2) is 0 Å². The Balaban J connectivity index is 3.07. The lowest BCUT2D eigenvalue weighted by atomic mass is 10.2. The van der Waals surface area contributed by atoms with Crippen LogP contribution < -0.4 is 0 Å². The van der Waals surface area contributed by atoms with Gasteiger partial charge in [0.25, 0.3) is 0 Å². The molecule has 1 unspecified atom stereocenters. The third kappa shape index (κ3) is 4.31. The van der Waals surface area contributed by atoms with Crippen molar-refractivity contribution in [2.24, 2.45) is 0 Å². The molecule has 1 rings (SSSR count). The predicted molar refractivity (Wildman–Crippen MR) is 65.7 cm³/mol. The lowest BCUT2D eigenvalue weighted by Crippen LogP contribution is -2.43. The summed E-state index contributed by atoms with van der Waals surface area (Å²) in [7, 11) is -2.28. The summed E-state index contributed by atoms with van der Waals surface area (Å²) < 4.78 is 49.6. The summed E-state index contributed by atoms with van der Waals surface area (Å²) in [6, 6.07) is 5.79. The van der Waals surface area contributed by atoms with Gasteiger partial charge in [0, 0.05) is 4.90 Å². The average Bonchev–Trinajstić information content (AvgIpc) is 2.34. The van der Waals surface area contributed by atoms with E-state index < -0.39 is 40.7 Å². The number of carboxylic acids is 1. The van der Waals surface area contributed by atoms with Crippen LogP contribution in [0.3, 0.4) is 0 Å². The molecule has 20 heavy (non-hydrogen) atoms. The molecule has 0 radical (unpaired) electrons. The van der Waals surface area contributed by atoms with E-state index in [0.717, 1.165) is 5.56 Å². The SMILES string of the molecule is Cc1ccc(S(=O)[C@@H](CC(=O)O)[C@@H](O)C(F)(F)F)cc1. The van der Waals surface area contributed by atoms with Crippen molar-refractivity contribution in [2.75, 3.05) is 0 Å². The minimum absolute atomic E-state index is 0.0464. The Bertz CT molecular complexity index is 498. The monoisotopic (exact) mass is 310 g/mol. The zero-order valence-corrected chi connectivity index (χ0v) is 11.2. The topological polar surface area (TPSA) is 74.6 Å². The summed E-state index contributed by atoms with van der Waals surface area (Å²) in [5.41, 5.74) is 0.817. The van der Waals surface area contributed by atoms with E-state index in [-0.39, 0.29) is 4.90 Å². The van der Waals surface area contributed by atoms with Gasteiger partial charge < -0.3 is 10.2 Å². The molecule has 0 saturated heterocycles. The zero-order valence-electron chi connectivity index (χ0n) is 10.4. The first-order valence-corrected chi connectivity index (χ1v) is 6.78. The van der Waals surface area contributed by atoms with Gasteiger partial charge in [0.2, 0.25) is 0 Å². The number of aliphatic hydroxyl groups is 1. The predicted octanol–water partition coefficient (Wildman–Crippen LogP) is 1.87. The second-order valence-corrected chi connectivity index (χ2v) is 5.90. The summed E-state index contributed by atoms with van der Waals surface area (Å²) >= 11 is 0. The van der Waals surface area contributed by atoms with Crippen LogP contribution in [0.4, 0.5) is 13.2 Å². The van der Waals surface area contributed by atoms with Crippen molar-refractivity contribution in [1.29, 1.82) is 0 Å². The van der Waals surface area contributed by atoms with Crippen molar-refractivity contribution in [1.82, 2.24) is 0 Å². The first-order valence-electron chi connectivity index (χ1n) is 5.56. The summed E-state index contributed by atoms with van der Waals surface area (Å²) in [5.74, 6) is -1.56. The van der Waals surface area contributed by atoms with E-state index in [4.69, 9.17) is 5.11 Å². The molecule has 0 aliphatic carbocycles. The van der Waals surface area contributed by atoms with Gasteiger partial charge in [-0.3, -0.25) is 9.00 Å². The molecule has 0 saturated carbocycles. The highest BCUT2D eigenvalue weighted by atomic mass is 32.2. The van der Waals surface area contributed by atoms with Gasteiger partial charge in [-0.15, -0.1) is 0 Å². The molecule has 1 aromatic rings. The van der Waals surface area contributed by atoms with Crippen molar-refractivity contribution in [2.45, 2.75) is 35.8 Å². The summed E-state index contributed by atoms with van der Waals surface area (Å²) in [4.78, 5) is 10.7. The molecule has 0 aliphatic rings. The van der Waals surface area contributed by atoms with Crippen LogP contribution in [0.5, 0.6) is 0 Å². The number of carboxylic acid groups (broad SMARTS) is 1. The smallest absolute Gasteiger partial charge is 0.415 e. The Labute approximate surface area is 115 Å². The van der Waals surface area contributed by atoms with Gasteiger partial charge in [-0.2, -0.15) is 13.2 Å². The zero-order chi connectivity index (χ0) is 15.5. The second kappa shape index (κ2) is 6.36. The number of halogens is 3. The fraction of sp³-hybridized carbons (Fsp3) is 0.417. The van der Waals surface area contributed by atoms with Crippen molar-refractivity contribution in [3.8, 4) is 0 Å². The molecule has 0 amide bonds. The number of aliphatic hydroxyl groups excluding tert-OH is 1. The van der Waals surface area contributed by atoms with Gasteiger partial charge >= 0.3 is 12.1 Å². The molecular weight excluding hydrogens is 297 g/mol. The Morgan fingerprint density at radius 1 is 1.30 bits per heavy atom. The first-order chi connectivity index (χ1) is 9.12. The van der Waals surface area contributed by atoms with Crippen LogP contribution in [0.1, 0.15) is 12.0 Å². The van der Waals surface area contributed by atoms with Gasteiger partial charge in [0.05, 0.1) is 22.5 Å². The summed E-state index contributed by atoms with van der Waals surface area (Å²) in [6.07, 6.45) is -9.03. The molecular formula is C12H13F3O4S. The van der Waals surface area contributed by atoms with E-state index in [1.165, 1.54) is 12.1 Å². The van der Waals surface area contributed by atoms with Gasteiger partial charge in [0.15, 0.2) is 6.10 Å². The number of aliphatic carboxylic acids is 1. The van der Waals surface area contributed by atoms with Crippen LogP contribution in [0.25, 0.3) is 0 Å². The minimum Gasteiger partial charge on any atom is -0.481 e. The lowest BCUT2D eigenvalue weighted by molar-refractivity contribution is -0.204. The molecule has 4 nitrogen and oxygen atoms in total. The largest absolute Gasteiger partial charge is 0.481 e. The normalized spacial score (nSPS) is 16.4. The standard InChI is InChI=1S/C12H13F3O4S/c1-7-2-4-8(5-3-7)20(19)9(6-10(16)17)11(18)12(13,14)15/h2-5,9,11,18H,6H2,1H3,(H,16,17)/t9-,11+,20?/m0/s1. The van der Waals surface area contributed by atoms with Crippen LogP contribution in [0, 0.1) is 6.92 Å². The van der Waals surface area contributed by atoms with Crippen LogP contribution in [0.15, 0.2) is 29.2 Å². The molecule has 0 fully saturated rings. The molecule has 112 valence electrons. The quantitative estimate of drug-likeness (QED) is 0.870. The molecule has 0 aliphatic heterocycles. The highest BCUT2D eigenvalue weighted by molar-refractivity contribution is 7.85. The van der Waals surface area contributed by atoms with E-state index in [1.54, 1.807) is 19.1 Å². The van der Waals surface area contributed by atoms with E-state index in [2.05, 4.69) is 0 Å². The van der Waals surface area contributed by atoms with Gasteiger partial charge in [-0.1, -0.05) is 17.7 Å². The van der Waals surface area contributed by atoms with Crippen LogP contribution in [0.2, 0.25) is 0 Å². The Kier molecular flexibility index (Phi) is 5.29. The number of aryl methyl sites for hydroxylation is 1. The summed E-state index contributed by atoms with van der Waals surface area (Å²) in [5, 5.41) is 15.9. The Morgan fingerprint density at radius 3 is 2.20 bits per heavy atom. The van der Waals surface area contributed by atoms with Crippen molar-refractivity contribution in [3.63, 3.8) is 0 Å². The number of hydrogen-bond donors (Lipinski definition) is 2. The third-order valence-corrected chi connectivity index (χ3v) is 4.30. The molecule has 2 N–H and O–H groups in total. The lowest BCUT2D eigenvalue weighted by Gasteiger charge is -2.23. The number of benzene rings is 1. The van der Waals surface area contributed by atoms with Gasteiger partial charge in [0.1, 0.15) is 0 Å². The highest BCUT2D eigenvalue weighted by Gasteiger charge is 2.46. The Morgan fingerprint density at radius 2 is 1.80 bits per heavy atom. The minimum atomic E-state index is -5.03. The summed E-state index contributed by atoms with van der Waals surface area (Å²) in [6.45, 7) is 1.74. The Hall–Kier alpha value is -1.41. The number of alkyl halides is 3. The maximum Gasteiger partial charge on any atom is 0.415 e. The molecule has 3 atom stereocenters. The van der Waals surface area contributed by atoms with E-state index in [0.29, 0.717) is 0 Å². The van der Waals surface area contributed by atoms with E-state index in [9.17, 15) is 27.3 Å². The molecule has 8 heteroatoms.